The predicted molar refractivity (Wildman–Crippen MR) is 108 cm³/mol. The van der Waals surface area contributed by atoms with Crippen LogP contribution in [0.3, 0.4) is 0 Å². The Morgan fingerprint density at radius 1 is 1.36 bits per heavy atom. The van der Waals surface area contributed by atoms with Crippen LogP contribution >= 0.6 is 34.5 Å². The zero-order chi connectivity index (χ0) is 20.1. The van der Waals surface area contributed by atoms with Crippen LogP contribution in [0.25, 0.3) is 0 Å². The van der Waals surface area contributed by atoms with Crippen LogP contribution in [0.1, 0.15) is 35.3 Å². The Morgan fingerprint density at radius 3 is 2.96 bits per heavy atom. The monoisotopic (exact) mass is 442 g/mol. The Kier molecular flexibility index (Phi) is 7.15. The number of piperidine rings is 1. The van der Waals surface area contributed by atoms with Crippen molar-refractivity contribution in [2.45, 2.75) is 26.4 Å². The van der Waals surface area contributed by atoms with E-state index in [1.807, 2.05) is 0 Å². The molecule has 2 heterocycles. The minimum absolute atomic E-state index is 0.183. The SMILES string of the molecule is CCOC(=O)C1CCCN(C(=O)c2csc(COc3cc(Cl)ccc3Cl)n2)C1. The van der Waals surface area contributed by atoms with E-state index >= 15 is 0 Å². The van der Waals surface area contributed by atoms with Gasteiger partial charge in [-0.3, -0.25) is 9.59 Å². The summed E-state index contributed by atoms with van der Waals surface area (Å²) >= 11 is 13.4. The quantitative estimate of drug-likeness (QED) is 0.618. The number of likely N-dealkylation sites (tertiary alicyclic amines) is 1. The molecule has 1 unspecified atom stereocenters. The number of benzene rings is 1. The smallest absolute Gasteiger partial charge is 0.310 e. The van der Waals surface area contributed by atoms with Crippen molar-refractivity contribution in [3.63, 3.8) is 0 Å². The van der Waals surface area contributed by atoms with E-state index in [1.54, 1.807) is 35.4 Å². The molecule has 9 heteroatoms. The molecule has 1 aliphatic rings. The van der Waals surface area contributed by atoms with Gasteiger partial charge < -0.3 is 14.4 Å². The van der Waals surface area contributed by atoms with Gasteiger partial charge in [-0.1, -0.05) is 23.2 Å². The molecule has 0 spiro atoms. The van der Waals surface area contributed by atoms with E-state index in [-0.39, 0.29) is 24.4 Å². The van der Waals surface area contributed by atoms with E-state index in [2.05, 4.69) is 4.98 Å². The fraction of sp³-hybridized carbons (Fsp3) is 0.421. The summed E-state index contributed by atoms with van der Waals surface area (Å²) in [5.41, 5.74) is 0.352. The molecule has 6 nitrogen and oxygen atoms in total. The van der Waals surface area contributed by atoms with Crippen molar-refractivity contribution in [3.05, 3.63) is 44.3 Å². The van der Waals surface area contributed by atoms with Gasteiger partial charge in [0.25, 0.3) is 5.91 Å². The van der Waals surface area contributed by atoms with Gasteiger partial charge in [0.05, 0.1) is 17.5 Å². The number of rotatable bonds is 6. The second kappa shape index (κ2) is 9.58. The summed E-state index contributed by atoms with van der Waals surface area (Å²) in [6, 6.07) is 4.97. The van der Waals surface area contributed by atoms with E-state index in [1.165, 1.54) is 11.3 Å². The number of thiazole rings is 1. The van der Waals surface area contributed by atoms with Gasteiger partial charge in [0, 0.05) is 29.6 Å². The number of hydrogen-bond acceptors (Lipinski definition) is 6. The lowest BCUT2D eigenvalue weighted by Crippen LogP contribution is -2.43. The van der Waals surface area contributed by atoms with E-state index in [9.17, 15) is 9.59 Å². The molecule has 28 heavy (non-hydrogen) atoms. The molecule has 1 aromatic carbocycles. The average molecular weight is 443 g/mol. The maximum atomic E-state index is 12.8. The molecular weight excluding hydrogens is 423 g/mol. The molecule has 0 aliphatic carbocycles. The Labute approximate surface area is 177 Å². The third kappa shape index (κ3) is 5.16. The molecule has 0 bridgehead atoms. The van der Waals surface area contributed by atoms with E-state index in [0.29, 0.717) is 46.2 Å². The Bertz CT molecular complexity index is 858. The molecule has 0 N–H and O–H groups in total. The molecule has 1 amide bonds. The number of nitrogens with zero attached hydrogens (tertiary/aromatic N) is 2. The van der Waals surface area contributed by atoms with Crippen molar-refractivity contribution in [2.75, 3.05) is 19.7 Å². The number of ether oxygens (including phenoxy) is 2. The fourth-order valence-electron chi connectivity index (χ4n) is 2.98. The fourth-order valence-corrected chi connectivity index (χ4v) is 3.99. The van der Waals surface area contributed by atoms with E-state index in [0.717, 1.165) is 12.8 Å². The predicted octanol–water partition coefficient (Wildman–Crippen LogP) is 4.44. The molecule has 0 saturated carbocycles. The van der Waals surface area contributed by atoms with Crippen molar-refractivity contribution in [3.8, 4) is 5.75 Å². The van der Waals surface area contributed by atoms with Crippen LogP contribution in [0.5, 0.6) is 5.75 Å². The van der Waals surface area contributed by atoms with Gasteiger partial charge >= 0.3 is 5.97 Å². The molecule has 1 fully saturated rings. The summed E-state index contributed by atoms with van der Waals surface area (Å²) in [6.45, 7) is 3.27. The molecule has 150 valence electrons. The zero-order valence-electron chi connectivity index (χ0n) is 15.3. The standard InChI is InChI=1S/C19H20Cl2N2O4S/c1-2-26-19(25)12-4-3-7-23(9-12)18(24)15-11-28-17(22-15)10-27-16-8-13(20)5-6-14(16)21/h5-6,8,11-12H,2-4,7,9-10H2,1H3. The first-order valence-corrected chi connectivity index (χ1v) is 10.6. The van der Waals surface area contributed by atoms with Crippen molar-refractivity contribution < 1.29 is 19.1 Å². The minimum Gasteiger partial charge on any atom is -0.485 e. The highest BCUT2D eigenvalue weighted by molar-refractivity contribution is 7.09. The number of carbonyl (C=O) groups excluding carboxylic acids is 2. The number of hydrogen-bond donors (Lipinski definition) is 0. The lowest BCUT2D eigenvalue weighted by Gasteiger charge is -2.31. The summed E-state index contributed by atoms with van der Waals surface area (Å²) in [6.07, 6.45) is 1.50. The third-order valence-electron chi connectivity index (χ3n) is 4.34. The van der Waals surface area contributed by atoms with E-state index < -0.39 is 0 Å². The van der Waals surface area contributed by atoms with Crippen molar-refractivity contribution >= 4 is 46.4 Å². The number of amides is 1. The van der Waals surface area contributed by atoms with Gasteiger partial charge in [-0.05, 0) is 31.9 Å². The Morgan fingerprint density at radius 2 is 2.18 bits per heavy atom. The van der Waals surface area contributed by atoms with Crippen LogP contribution in [0.2, 0.25) is 10.0 Å². The Balaban J connectivity index is 1.60. The van der Waals surface area contributed by atoms with Gasteiger partial charge in [0.2, 0.25) is 0 Å². The summed E-state index contributed by atoms with van der Waals surface area (Å²) in [7, 11) is 0. The summed E-state index contributed by atoms with van der Waals surface area (Å²) in [5, 5.41) is 3.33. The highest BCUT2D eigenvalue weighted by atomic mass is 35.5. The second-order valence-electron chi connectivity index (χ2n) is 6.33. The Hall–Kier alpha value is -1.83. The maximum Gasteiger partial charge on any atom is 0.310 e. The molecule has 1 aromatic heterocycles. The largest absolute Gasteiger partial charge is 0.485 e. The molecule has 0 radical (unpaired) electrons. The maximum absolute atomic E-state index is 12.8. The van der Waals surface area contributed by atoms with Crippen LogP contribution in [0.4, 0.5) is 0 Å². The topological polar surface area (TPSA) is 68.7 Å². The van der Waals surface area contributed by atoms with Crippen LogP contribution in [-0.2, 0) is 16.1 Å². The molecular formula is C19H20Cl2N2O4S. The van der Waals surface area contributed by atoms with Crippen LogP contribution < -0.4 is 4.74 Å². The van der Waals surface area contributed by atoms with Gasteiger partial charge in [0.15, 0.2) is 0 Å². The molecule has 1 aliphatic heterocycles. The third-order valence-corrected chi connectivity index (χ3v) is 5.71. The van der Waals surface area contributed by atoms with Gasteiger partial charge in [-0.25, -0.2) is 4.98 Å². The van der Waals surface area contributed by atoms with Crippen LogP contribution in [0, 0.1) is 5.92 Å². The van der Waals surface area contributed by atoms with Crippen molar-refractivity contribution in [2.24, 2.45) is 5.92 Å². The first-order valence-electron chi connectivity index (χ1n) is 8.96. The molecule has 2 aromatic rings. The number of halogens is 2. The highest BCUT2D eigenvalue weighted by Gasteiger charge is 2.30. The first-order chi connectivity index (χ1) is 13.5. The zero-order valence-corrected chi connectivity index (χ0v) is 17.6. The lowest BCUT2D eigenvalue weighted by molar-refractivity contribution is -0.149. The summed E-state index contributed by atoms with van der Waals surface area (Å²) in [5.74, 6) is -0.238. The number of esters is 1. The summed E-state index contributed by atoms with van der Waals surface area (Å²) < 4.78 is 10.7. The molecule has 3 rings (SSSR count). The average Bonchev–Trinajstić information content (AvgIpc) is 3.17. The van der Waals surface area contributed by atoms with Gasteiger partial charge in [-0.2, -0.15) is 0 Å². The van der Waals surface area contributed by atoms with Gasteiger partial charge in [0.1, 0.15) is 23.1 Å². The number of carbonyl (C=O) groups is 2. The van der Waals surface area contributed by atoms with Crippen molar-refractivity contribution in [1.29, 1.82) is 0 Å². The van der Waals surface area contributed by atoms with Crippen LogP contribution in [0.15, 0.2) is 23.6 Å². The molecule has 1 saturated heterocycles. The second-order valence-corrected chi connectivity index (χ2v) is 8.12. The van der Waals surface area contributed by atoms with E-state index in [4.69, 9.17) is 32.7 Å². The molecule has 1 atom stereocenters. The summed E-state index contributed by atoms with van der Waals surface area (Å²) in [4.78, 5) is 30.8. The normalized spacial score (nSPS) is 16.7. The highest BCUT2D eigenvalue weighted by Crippen LogP contribution is 2.29. The lowest BCUT2D eigenvalue weighted by atomic mass is 9.98. The minimum atomic E-state index is -0.274. The van der Waals surface area contributed by atoms with Crippen LogP contribution in [-0.4, -0.2) is 41.5 Å². The first kappa shape index (κ1) is 20.9. The van der Waals surface area contributed by atoms with Crippen molar-refractivity contribution in [1.82, 2.24) is 9.88 Å². The number of aromatic nitrogens is 1. The van der Waals surface area contributed by atoms with Gasteiger partial charge in [-0.15, -0.1) is 11.3 Å².